The molecule has 2 aliphatic carbocycles. The summed E-state index contributed by atoms with van der Waals surface area (Å²) >= 11 is 0. The maximum Gasteiger partial charge on any atom is 0.306 e. The molecular formula is C36H48N4O4. The first-order valence-corrected chi connectivity index (χ1v) is 16.1. The van der Waals surface area contributed by atoms with Gasteiger partial charge in [0.05, 0.1) is 19.1 Å². The van der Waals surface area contributed by atoms with Gasteiger partial charge in [-0.3, -0.25) is 14.5 Å². The Morgan fingerprint density at radius 3 is 2.41 bits per heavy atom. The highest BCUT2D eigenvalue weighted by Crippen LogP contribution is 2.58. The SMILES string of the molecule is CC.COc1cc(C)c2[nH]ccc2c1CN1CCC(CCC#N)CC1.O=C(NC1CC2(C1)CC(C(=O)O)C2)c1ccccc1. The highest BCUT2D eigenvalue weighted by Gasteiger charge is 2.55. The van der Waals surface area contributed by atoms with Crippen molar-refractivity contribution in [1.29, 1.82) is 5.26 Å². The smallest absolute Gasteiger partial charge is 0.306 e. The minimum absolute atomic E-state index is 0.0328. The van der Waals surface area contributed by atoms with Gasteiger partial charge >= 0.3 is 5.97 Å². The number of rotatable bonds is 8. The largest absolute Gasteiger partial charge is 0.496 e. The van der Waals surface area contributed by atoms with Crippen molar-refractivity contribution in [3.63, 3.8) is 0 Å². The number of benzene rings is 2. The number of nitrogens with zero attached hydrogens (tertiary/aromatic N) is 2. The molecule has 8 heteroatoms. The van der Waals surface area contributed by atoms with Crippen LogP contribution >= 0.6 is 0 Å². The summed E-state index contributed by atoms with van der Waals surface area (Å²) in [5.74, 6) is 0.835. The molecule has 1 saturated heterocycles. The maximum atomic E-state index is 11.9. The Labute approximate surface area is 261 Å². The first kappa shape index (κ1) is 33.1. The summed E-state index contributed by atoms with van der Waals surface area (Å²) in [4.78, 5) is 28.6. The van der Waals surface area contributed by atoms with E-state index in [1.807, 2.05) is 38.2 Å². The molecule has 0 radical (unpaired) electrons. The number of aromatic nitrogens is 1. The van der Waals surface area contributed by atoms with Crippen molar-refractivity contribution in [3.05, 3.63) is 65.4 Å². The fourth-order valence-electron chi connectivity index (χ4n) is 7.15. The van der Waals surface area contributed by atoms with Gasteiger partial charge in [0.1, 0.15) is 5.75 Å². The minimum Gasteiger partial charge on any atom is -0.496 e. The van der Waals surface area contributed by atoms with E-state index in [2.05, 4.69) is 40.3 Å². The van der Waals surface area contributed by atoms with Crippen molar-refractivity contribution in [2.45, 2.75) is 84.7 Å². The summed E-state index contributed by atoms with van der Waals surface area (Å²) in [7, 11) is 1.75. The molecule has 44 heavy (non-hydrogen) atoms. The molecule has 3 aliphatic rings. The molecule has 6 rings (SSSR count). The van der Waals surface area contributed by atoms with Gasteiger partial charge < -0.3 is 20.1 Å². The Bertz CT molecular complexity index is 1420. The van der Waals surface area contributed by atoms with Crippen LogP contribution in [0.25, 0.3) is 10.9 Å². The van der Waals surface area contributed by atoms with Crippen LogP contribution in [-0.2, 0) is 11.3 Å². The summed E-state index contributed by atoms with van der Waals surface area (Å²) in [5.41, 5.74) is 4.60. The van der Waals surface area contributed by atoms with Crippen molar-refractivity contribution in [1.82, 2.24) is 15.2 Å². The van der Waals surface area contributed by atoms with Crippen molar-refractivity contribution in [2.24, 2.45) is 17.3 Å². The van der Waals surface area contributed by atoms with E-state index in [1.165, 1.54) is 34.9 Å². The summed E-state index contributed by atoms with van der Waals surface area (Å²) in [6.07, 6.45) is 9.57. The van der Waals surface area contributed by atoms with Crippen LogP contribution in [0.4, 0.5) is 0 Å². The van der Waals surface area contributed by atoms with Crippen LogP contribution in [0, 0.1) is 35.5 Å². The summed E-state index contributed by atoms with van der Waals surface area (Å²) < 4.78 is 5.64. The van der Waals surface area contributed by atoms with Gasteiger partial charge in [0, 0.05) is 47.2 Å². The second-order valence-corrected chi connectivity index (χ2v) is 12.4. The van der Waals surface area contributed by atoms with E-state index >= 15 is 0 Å². The fraction of sp³-hybridized carbons (Fsp3) is 0.528. The molecule has 0 unspecified atom stereocenters. The van der Waals surface area contributed by atoms with Crippen LogP contribution in [0.2, 0.25) is 0 Å². The molecular weight excluding hydrogens is 552 g/mol. The average Bonchev–Trinajstić information content (AvgIpc) is 3.51. The lowest BCUT2D eigenvalue weighted by molar-refractivity contribution is -0.155. The van der Waals surface area contributed by atoms with Crippen molar-refractivity contribution in [3.8, 4) is 11.8 Å². The zero-order chi connectivity index (χ0) is 31.7. The van der Waals surface area contributed by atoms with E-state index in [1.54, 1.807) is 19.2 Å². The first-order valence-electron chi connectivity index (χ1n) is 16.1. The van der Waals surface area contributed by atoms with E-state index in [9.17, 15) is 9.59 Å². The quantitative estimate of drug-likeness (QED) is 0.254. The second kappa shape index (κ2) is 15.3. The van der Waals surface area contributed by atoms with Gasteiger partial charge in [-0.25, -0.2) is 0 Å². The lowest BCUT2D eigenvalue weighted by Crippen LogP contribution is -2.57. The molecule has 8 nitrogen and oxygen atoms in total. The number of nitrogens with one attached hydrogen (secondary N) is 2. The summed E-state index contributed by atoms with van der Waals surface area (Å²) in [6.45, 7) is 9.27. The van der Waals surface area contributed by atoms with Gasteiger partial charge in [-0.05, 0) is 106 Å². The number of fused-ring (bicyclic) bond motifs is 1. The van der Waals surface area contributed by atoms with E-state index < -0.39 is 5.97 Å². The van der Waals surface area contributed by atoms with E-state index in [0.29, 0.717) is 12.0 Å². The number of carboxylic acids is 1. The third-order valence-corrected chi connectivity index (χ3v) is 9.52. The van der Waals surface area contributed by atoms with Crippen molar-refractivity contribution in [2.75, 3.05) is 20.2 Å². The Hall–Kier alpha value is -3.83. The highest BCUT2D eigenvalue weighted by atomic mass is 16.5. The molecule has 0 atom stereocenters. The number of hydrogen-bond acceptors (Lipinski definition) is 5. The van der Waals surface area contributed by atoms with Crippen LogP contribution < -0.4 is 10.1 Å². The van der Waals surface area contributed by atoms with Crippen LogP contribution in [0.5, 0.6) is 5.75 Å². The number of nitriles is 1. The van der Waals surface area contributed by atoms with Crippen molar-refractivity contribution < 1.29 is 19.4 Å². The number of carboxylic acid groups (broad SMARTS) is 1. The zero-order valence-corrected chi connectivity index (χ0v) is 26.7. The number of aromatic amines is 1. The summed E-state index contributed by atoms with van der Waals surface area (Å²) in [5, 5.41) is 21.9. The van der Waals surface area contributed by atoms with Gasteiger partial charge in [-0.15, -0.1) is 0 Å². The molecule has 3 aromatic rings. The van der Waals surface area contributed by atoms with Crippen molar-refractivity contribution >= 4 is 22.8 Å². The number of carbonyl (C=O) groups excluding carboxylic acids is 1. The average molecular weight is 601 g/mol. The van der Waals surface area contributed by atoms with Crippen LogP contribution in [0.15, 0.2) is 48.7 Å². The molecule has 2 heterocycles. The molecule has 1 amide bonds. The van der Waals surface area contributed by atoms with E-state index in [4.69, 9.17) is 15.1 Å². The topological polar surface area (TPSA) is 118 Å². The van der Waals surface area contributed by atoms with Crippen LogP contribution in [0.3, 0.4) is 0 Å². The summed E-state index contributed by atoms with van der Waals surface area (Å²) in [6, 6.07) is 15.9. The first-order chi connectivity index (χ1) is 21.3. The molecule has 3 N–H and O–H groups in total. The molecule has 2 aromatic carbocycles. The number of carbonyl (C=O) groups is 2. The Balaban J connectivity index is 0.000000193. The monoisotopic (exact) mass is 600 g/mol. The van der Waals surface area contributed by atoms with E-state index in [-0.39, 0.29) is 23.3 Å². The maximum absolute atomic E-state index is 11.9. The van der Waals surface area contributed by atoms with Crippen LogP contribution in [-0.4, -0.2) is 53.1 Å². The Kier molecular flexibility index (Phi) is 11.5. The van der Waals surface area contributed by atoms with Gasteiger partial charge in [-0.1, -0.05) is 32.0 Å². The molecule has 236 valence electrons. The molecule has 1 aromatic heterocycles. The lowest BCUT2D eigenvalue weighted by Gasteiger charge is -2.56. The van der Waals surface area contributed by atoms with Crippen LogP contribution in [0.1, 0.15) is 86.7 Å². The number of methoxy groups -OCH3 is 1. The number of ether oxygens (including phenoxy) is 1. The van der Waals surface area contributed by atoms with Gasteiger partial charge in [0.15, 0.2) is 0 Å². The predicted molar refractivity (Wildman–Crippen MR) is 174 cm³/mol. The molecule has 3 fully saturated rings. The number of aliphatic carboxylic acids is 1. The predicted octanol–water partition coefficient (Wildman–Crippen LogP) is 7.09. The number of piperidine rings is 1. The Morgan fingerprint density at radius 2 is 1.80 bits per heavy atom. The number of hydrogen-bond donors (Lipinski definition) is 3. The highest BCUT2D eigenvalue weighted by molar-refractivity contribution is 5.94. The number of amides is 1. The van der Waals surface area contributed by atoms with Gasteiger partial charge in [0.2, 0.25) is 0 Å². The van der Waals surface area contributed by atoms with Gasteiger partial charge in [-0.2, -0.15) is 5.26 Å². The lowest BCUT2D eigenvalue weighted by atomic mass is 9.50. The molecule has 2 saturated carbocycles. The second-order valence-electron chi connectivity index (χ2n) is 12.4. The van der Waals surface area contributed by atoms with Gasteiger partial charge in [0.25, 0.3) is 5.91 Å². The number of H-pyrrole nitrogens is 1. The molecule has 1 aliphatic heterocycles. The molecule has 1 spiro atoms. The zero-order valence-electron chi connectivity index (χ0n) is 26.7. The standard InChI is InChI=1S/C19H25N3O.C15H17NO3.C2H6/c1-14-12-18(23-2)17(16-5-9-21-19(14)16)13-22-10-6-15(7-11-22)4-3-8-20;17-13(10-4-2-1-3-5-10)16-12-8-15(9-12)6-11(7-15)14(18)19;1-2/h5,9,12,15,21H,3-4,6-7,10-11,13H2,1-2H3;1-5,11-12H,6-9H2,(H,16,17)(H,18,19);1-2H3. The third kappa shape index (κ3) is 7.81. The molecule has 0 bridgehead atoms. The minimum atomic E-state index is -0.678. The number of likely N-dealkylation sites (tertiary alicyclic amines) is 1. The Morgan fingerprint density at radius 1 is 1.11 bits per heavy atom. The van der Waals surface area contributed by atoms with E-state index in [0.717, 1.165) is 63.4 Å². The normalized spacial score (nSPS) is 22.7. The fourth-order valence-corrected chi connectivity index (χ4v) is 7.15. The number of aryl methyl sites for hydroxylation is 1. The third-order valence-electron chi connectivity index (χ3n) is 9.52.